The zero-order valence-electron chi connectivity index (χ0n) is 10.6. The summed E-state index contributed by atoms with van der Waals surface area (Å²) in [6.07, 6.45) is 0.631. The summed E-state index contributed by atoms with van der Waals surface area (Å²) in [4.78, 5) is 33.3. The Morgan fingerprint density at radius 3 is 2.58 bits per heavy atom. The van der Waals surface area contributed by atoms with E-state index >= 15 is 0 Å². The summed E-state index contributed by atoms with van der Waals surface area (Å²) >= 11 is 1.30. The fourth-order valence-corrected chi connectivity index (χ4v) is 1.98. The van der Waals surface area contributed by atoms with Crippen molar-refractivity contribution in [2.45, 2.75) is 12.2 Å². The molecule has 5 nitrogen and oxygen atoms in total. The molecule has 0 aliphatic heterocycles. The van der Waals surface area contributed by atoms with Crippen molar-refractivity contribution in [2.75, 3.05) is 12.4 Å². The highest BCUT2D eigenvalue weighted by Gasteiger charge is 2.13. The maximum Gasteiger partial charge on any atom is 0.251 e. The summed E-state index contributed by atoms with van der Waals surface area (Å²) in [5.74, 6) is -0.0525. The molecule has 1 aromatic carbocycles. The normalized spacial score (nSPS) is 11.4. The number of carbonyl (C=O) groups excluding carboxylic acids is 3. The standard InChI is InChI=1S/C13H16N2O3S/c1-10(12(17)14-7-8-16)19-9-15-13(18)11-5-3-2-4-6-11/h2-6,8,10H,7,9H2,1H3,(H,14,17)(H,15,18)/t10-/m0/s1. The molecular weight excluding hydrogens is 264 g/mol. The summed E-state index contributed by atoms with van der Waals surface area (Å²) in [6, 6.07) is 8.86. The van der Waals surface area contributed by atoms with Crippen LogP contribution >= 0.6 is 11.8 Å². The molecule has 0 spiro atoms. The lowest BCUT2D eigenvalue weighted by molar-refractivity contribution is -0.121. The molecule has 2 N–H and O–H groups in total. The van der Waals surface area contributed by atoms with E-state index in [0.29, 0.717) is 17.7 Å². The molecule has 0 saturated carbocycles. The van der Waals surface area contributed by atoms with Crippen molar-refractivity contribution in [3.05, 3.63) is 35.9 Å². The molecule has 0 fully saturated rings. The smallest absolute Gasteiger partial charge is 0.251 e. The van der Waals surface area contributed by atoms with Crippen LogP contribution in [-0.4, -0.2) is 35.8 Å². The minimum atomic E-state index is -0.323. The predicted molar refractivity (Wildman–Crippen MR) is 74.9 cm³/mol. The molecule has 0 heterocycles. The van der Waals surface area contributed by atoms with Gasteiger partial charge in [0.05, 0.1) is 17.7 Å². The van der Waals surface area contributed by atoms with Gasteiger partial charge in [-0.25, -0.2) is 0 Å². The average Bonchev–Trinajstić information content (AvgIpc) is 2.45. The number of hydrogen-bond acceptors (Lipinski definition) is 4. The number of benzene rings is 1. The number of carbonyl (C=O) groups is 3. The Morgan fingerprint density at radius 1 is 1.26 bits per heavy atom. The third-order valence-electron chi connectivity index (χ3n) is 2.33. The van der Waals surface area contributed by atoms with Crippen LogP contribution in [0.5, 0.6) is 0 Å². The van der Waals surface area contributed by atoms with Gasteiger partial charge in [-0.1, -0.05) is 18.2 Å². The van der Waals surface area contributed by atoms with Crippen LogP contribution in [0.4, 0.5) is 0 Å². The first kappa shape index (κ1) is 15.2. The van der Waals surface area contributed by atoms with E-state index in [9.17, 15) is 14.4 Å². The lowest BCUT2D eigenvalue weighted by Gasteiger charge is -2.11. The number of amides is 2. The molecule has 0 aromatic heterocycles. The highest BCUT2D eigenvalue weighted by atomic mass is 32.2. The molecule has 1 rings (SSSR count). The molecule has 0 radical (unpaired) electrons. The Kier molecular flexibility index (Phi) is 6.67. The lowest BCUT2D eigenvalue weighted by atomic mass is 10.2. The van der Waals surface area contributed by atoms with Gasteiger partial charge in [0.1, 0.15) is 6.29 Å². The van der Waals surface area contributed by atoms with Crippen LogP contribution in [0.1, 0.15) is 17.3 Å². The van der Waals surface area contributed by atoms with Crippen LogP contribution in [0.2, 0.25) is 0 Å². The van der Waals surface area contributed by atoms with Crippen LogP contribution in [0.15, 0.2) is 30.3 Å². The Balaban J connectivity index is 2.28. The van der Waals surface area contributed by atoms with Crippen molar-refractivity contribution in [1.29, 1.82) is 0 Å². The molecule has 0 aliphatic carbocycles. The van der Waals surface area contributed by atoms with Gasteiger partial charge < -0.3 is 15.4 Å². The first-order valence-corrected chi connectivity index (χ1v) is 6.86. The van der Waals surface area contributed by atoms with E-state index in [1.165, 1.54) is 11.8 Å². The van der Waals surface area contributed by atoms with E-state index < -0.39 is 0 Å². The minimum absolute atomic E-state index is 0.0140. The van der Waals surface area contributed by atoms with Crippen molar-refractivity contribution >= 4 is 29.9 Å². The summed E-state index contributed by atoms with van der Waals surface area (Å²) in [5, 5.41) is 4.85. The summed E-state index contributed by atoms with van der Waals surface area (Å²) in [6.45, 7) is 1.74. The summed E-state index contributed by atoms with van der Waals surface area (Å²) in [7, 11) is 0. The van der Waals surface area contributed by atoms with Crippen LogP contribution in [0, 0.1) is 0 Å². The highest BCUT2D eigenvalue weighted by molar-refractivity contribution is 8.00. The van der Waals surface area contributed by atoms with Gasteiger partial charge in [0, 0.05) is 5.56 Å². The van der Waals surface area contributed by atoms with Gasteiger partial charge in [-0.2, -0.15) is 0 Å². The SMILES string of the molecule is C[C@H](SCNC(=O)c1ccccc1)C(=O)NCC=O. The molecule has 19 heavy (non-hydrogen) atoms. The lowest BCUT2D eigenvalue weighted by Crippen LogP contribution is -2.33. The third-order valence-corrected chi connectivity index (χ3v) is 3.36. The fraction of sp³-hybridized carbons (Fsp3) is 0.308. The van der Waals surface area contributed by atoms with Crippen LogP contribution in [0.3, 0.4) is 0 Å². The van der Waals surface area contributed by atoms with Gasteiger partial charge in [-0.05, 0) is 19.1 Å². The van der Waals surface area contributed by atoms with E-state index in [1.54, 1.807) is 31.2 Å². The first-order valence-electron chi connectivity index (χ1n) is 5.81. The second kappa shape index (κ2) is 8.31. The van der Waals surface area contributed by atoms with Crippen LogP contribution in [-0.2, 0) is 9.59 Å². The topological polar surface area (TPSA) is 75.3 Å². The van der Waals surface area contributed by atoms with Gasteiger partial charge in [0.25, 0.3) is 5.91 Å². The fourth-order valence-electron chi connectivity index (χ4n) is 1.29. The second-order valence-electron chi connectivity index (χ2n) is 3.74. The minimum Gasteiger partial charge on any atom is -0.348 e. The quantitative estimate of drug-likeness (QED) is 0.572. The second-order valence-corrected chi connectivity index (χ2v) is 5.07. The Bertz CT molecular complexity index is 437. The van der Waals surface area contributed by atoms with Crippen molar-refractivity contribution in [3.63, 3.8) is 0 Å². The largest absolute Gasteiger partial charge is 0.348 e. The van der Waals surface area contributed by atoms with Crippen molar-refractivity contribution < 1.29 is 14.4 Å². The number of hydrogen-bond donors (Lipinski definition) is 2. The van der Waals surface area contributed by atoms with E-state index in [1.807, 2.05) is 6.07 Å². The Labute approximate surface area is 116 Å². The zero-order valence-corrected chi connectivity index (χ0v) is 11.4. The van der Waals surface area contributed by atoms with Crippen molar-refractivity contribution in [2.24, 2.45) is 0 Å². The maximum absolute atomic E-state index is 11.7. The van der Waals surface area contributed by atoms with Gasteiger partial charge in [0.2, 0.25) is 5.91 Å². The van der Waals surface area contributed by atoms with Crippen LogP contribution in [0.25, 0.3) is 0 Å². The van der Waals surface area contributed by atoms with Gasteiger partial charge in [-0.3, -0.25) is 9.59 Å². The van der Waals surface area contributed by atoms with Gasteiger partial charge in [0.15, 0.2) is 0 Å². The first-order chi connectivity index (χ1) is 9.15. The predicted octanol–water partition coefficient (Wildman–Crippen LogP) is 0.811. The molecular formula is C13H16N2O3S. The Morgan fingerprint density at radius 2 is 1.95 bits per heavy atom. The Hall–Kier alpha value is -1.82. The zero-order chi connectivity index (χ0) is 14.1. The van der Waals surface area contributed by atoms with E-state index in [2.05, 4.69) is 10.6 Å². The maximum atomic E-state index is 11.7. The average molecular weight is 280 g/mol. The molecule has 0 unspecified atom stereocenters. The number of aldehydes is 1. The van der Waals surface area contributed by atoms with Crippen LogP contribution < -0.4 is 10.6 Å². The molecule has 102 valence electrons. The highest BCUT2D eigenvalue weighted by Crippen LogP contribution is 2.08. The number of thioether (sulfide) groups is 1. The van der Waals surface area contributed by atoms with Gasteiger partial charge in [-0.15, -0.1) is 11.8 Å². The van der Waals surface area contributed by atoms with Gasteiger partial charge >= 0.3 is 0 Å². The molecule has 0 aliphatic rings. The molecule has 0 saturated heterocycles. The third kappa shape index (κ3) is 5.56. The molecule has 1 atom stereocenters. The monoisotopic (exact) mass is 280 g/mol. The van der Waals surface area contributed by atoms with E-state index in [0.717, 1.165) is 0 Å². The number of rotatable bonds is 7. The number of nitrogens with one attached hydrogen (secondary N) is 2. The van der Waals surface area contributed by atoms with Crippen molar-refractivity contribution in [1.82, 2.24) is 10.6 Å². The molecule has 2 amide bonds. The molecule has 6 heteroatoms. The van der Waals surface area contributed by atoms with Crippen molar-refractivity contribution in [3.8, 4) is 0 Å². The van der Waals surface area contributed by atoms with E-state index in [4.69, 9.17) is 0 Å². The molecule has 1 aromatic rings. The molecule has 0 bridgehead atoms. The summed E-state index contributed by atoms with van der Waals surface area (Å²) < 4.78 is 0. The summed E-state index contributed by atoms with van der Waals surface area (Å²) in [5.41, 5.74) is 0.584. The van der Waals surface area contributed by atoms with E-state index in [-0.39, 0.29) is 23.6 Å².